The topological polar surface area (TPSA) is 72.0 Å². The minimum Gasteiger partial charge on any atom is -0.283 e. The van der Waals surface area contributed by atoms with Crippen LogP contribution in [0.4, 0.5) is 18.9 Å². The molecule has 0 aliphatic rings. The van der Waals surface area contributed by atoms with E-state index in [4.69, 9.17) is 0 Å². The highest BCUT2D eigenvalue weighted by Gasteiger charge is 2.34. The van der Waals surface area contributed by atoms with Gasteiger partial charge in [0.1, 0.15) is 5.01 Å². The number of anilines is 1. The van der Waals surface area contributed by atoms with Crippen LogP contribution in [0.3, 0.4) is 0 Å². The molecule has 0 aliphatic carbocycles. The molecule has 0 amide bonds. The molecule has 0 bridgehead atoms. The van der Waals surface area contributed by atoms with Gasteiger partial charge < -0.3 is 0 Å². The van der Waals surface area contributed by atoms with Gasteiger partial charge in [0.05, 0.1) is 17.5 Å². The van der Waals surface area contributed by atoms with Gasteiger partial charge in [0, 0.05) is 22.5 Å². The van der Waals surface area contributed by atoms with Crippen molar-refractivity contribution in [3.05, 3.63) is 41.0 Å². The number of hydrogen-bond acceptors (Lipinski definition) is 5. The fraction of sp³-hybridized carbons (Fsp3) is 0.200. The number of aromatic nitrogens is 2. The number of pyridine rings is 1. The molecule has 3 aromatic rings. The van der Waals surface area contributed by atoms with E-state index in [0.717, 1.165) is 23.0 Å². The molecule has 10 heteroatoms. The van der Waals surface area contributed by atoms with Gasteiger partial charge in [-0.1, -0.05) is 6.07 Å². The van der Waals surface area contributed by atoms with E-state index in [9.17, 15) is 21.6 Å². The predicted molar refractivity (Wildman–Crippen MR) is 91.1 cm³/mol. The number of sulfonamides is 1. The Morgan fingerprint density at radius 1 is 1.24 bits per heavy atom. The monoisotopic (exact) mass is 387 g/mol. The minimum absolute atomic E-state index is 0.174. The first-order chi connectivity index (χ1) is 11.6. The maximum absolute atomic E-state index is 12.8. The van der Waals surface area contributed by atoms with Crippen molar-refractivity contribution < 1.29 is 21.6 Å². The lowest BCUT2D eigenvalue weighted by atomic mass is 10.0. The maximum atomic E-state index is 12.8. The second-order valence-corrected chi connectivity index (χ2v) is 8.01. The summed E-state index contributed by atoms with van der Waals surface area (Å²) in [5, 5.41) is 1.64. The van der Waals surface area contributed by atoms with Crippen LogP contribution in [0.1, 0.15) is 11.3 Å². The lowest BCUT2D eigenvalue weighted by molar-refractivity contribution is -0.140. The molecule has 0 saturated carbocycles. The lowest BCUT2D eigenvalue weighted by Crippen LogP contribution is -2.10. The van der Waals surface area contributed by atoms with Gasteiger partial charge in [0.25, 0.3) is 0 Å². The van der Waals surface area contributed by atoms with Crippen LogP contribution in [0.15, 0.2) is 29.8 Å². The standard InChI is InChI=1S/C15H12F3N3O2S2/c1-8-9(14-20-12(7-24-14)15(16,17)18)6-19-10-4-3-5-11(13(8)10)21-25(2,22)23/h3-7,21H,1-2H3. The van der Waals surface area contributed by atoms with Crippen molar-refractivity contribution in [3.63, 3.8) is 0 Å². The molecule has 3 rings (SSSR count). The Labute approximate surface area is 145 Å². The Morgan fingerprint density at radius 3 is 2.56 bits per heavy atom. The molecule has 25 heavy (non-hydrogen) atoms. The molecular formula is C15H12F3N3O2S2. The van der Waals surface area contributed by atoms with Crippen LogP contribution < -0.4 is 4.72 Å². The van der Waals surface area contributed by atoms with E-state index in [-0.39, 0.29) is 5.01 Å². The summed E-state index contributed by atoms with van der Waals surface area (Å²) in [5.74, 6) is 0. The fourth-order valence-electron chi connectivity index (χ4n) is 2.44. The number of benzene rings is 1. The minimum atomic E-state index is -4.52. The second-order valence-electron chi connectivity index (χ2n) is 5.41. The zero-order valence-corrected chi connectivity index (χ0v) is 14.7. The van der Waals surface area contributed by atoms with Gasteiger partial charge in [-0.05, 0) is 24.6 Å². The van der Waals surface area contributed by atoms with Crippen molar-refractivity contribution in [2.75, 3.05) is 11.0 Å². The average Bonchev–Trinajstić information content (AvgIpc) is 2.95. The van der Waals surface area contributed by atoms with Crippen molar-refractivity contribution in [3.8, 4) is 10.6 Å². The number of nitrogens with one attached hydrogen (secondary N) is 1. The molecule has 0 unspecified atom stereocenters. The van der Waals surface area contributed by atoms with Crippen LogP contribution >= 0.6 is 11.3 Å². The average molecular weight is 387 g/mol. The van der Waals surface area contributed by atoms with Crippen molar-refractivity contribution in [1.29, 1.82) is 0 Å². The van der Waals surface area contributed by atoms with Crippen molar-refractivity contribution in [1.82, 2.24) is 9.97 Å². The number of alkyl halides is 3. The van der Waals surface area contributed by atoms with Crippen LogP contribution in [0.5, 0.6) is 0 Å². The predicted octanol–water partition coefficient (Wildman–Crippen LogP) is 4.06. The molecule has 0 saturated heterocycles. The largest absolute Gasteiger partial charge is 0.434 e. The third-order valence-corrected chi connectivity index (χ3v) is 4.94. The summed E-state index contributed by atoms with van der Waals surface area (Å²) in [7, 11) is -3.52. The van der Waals surface area contributed by atoms with Crippen LogP contribution in [0, 0.1) is 6.92 Å². The third-order valence-electron chi connectivity index (χ3n) is 3.47. The van der Waals surface area contributed by atoms with Gasteiger partial charge in [0.2, 0.25) is 10.0 Å². The summed E-state index contributed by atoms with van der Waals surface area (Å²) >= 11 is 0.861. The van der Waals surface area contributed by atoms with Crippen molar-refractivity contribution >= 4 is 38.0 Å². The van der Waals surface area contributed by atoms with E-state index in [1.54, 1.807) is 25.1 Å². The first-order valence-electron chi connectivity index (χ1n) is 6.95. The summed E-state index contributed by atoms with van der Waals surface area (Å²) in [6.07, 6.45) is -2.05. The first-order valence-corrected chi connectivity index (χ1v) is 9.72. The Morgan fingerprint density at radius 2 is 1.96 bits per heavy atom. The van der Waals surface area contributed by atoms with Gasteiger partial charge in [-0.15, -0.1) is 11.3 Å². The van der Waals surface area contributed by atoms with Crippen molar-refractivity contribution in [2.45, 2.75) is 13.1 Å². The van der Waals surface area contributed by atoms with Crippen LogP contribution in [0.25, 0.3) is 21.5 Å². The molecule has 1 aromatic carbocycles. The van der Waals surface area contributed by atoms with Crippen molar-refractivity contribution in [2.24, 2.45) is 0 Å². The summed E-state index contributed by atoms with van der Waals surface area (Å²) in [5.41, 5.74) is 0.909. The van der Waals surface area contributed by atoms with E-state index in [1.165, 1.54) is 6.20 Å². The molecule has 0 radical (unpaired) electrons. The highest BCUT2D eigenvalue weighted by molar-refractivity contribution is 7.92. The molecule has 1 N–H and O–H groups in total. The number of nitrogens with zero attached hydrogens (tertiary/aromatic N) is 2. The number of halogens is 3. The normalized spacial score (nSPS) is 12.5. The Balaban J connectivity index is 2.20. The molecule has 0 fully saturated rings. The molecule has 0 spiro atoms. The molecule has 0 aliphatic heterocycles. The zero-order valence-electron chi connectivity index (χ0n) is 13.0. The van der Waals surface area contributed by atoms with Crippen LogP contribution in [0.2, 0.25) is 0 Å². The summed E-state index contributed by atoms with van der Waals surface area (Å²) < 4.78 is 63.8. The van der Waals surface area contributed by atoms with E-state index in [2.05, 4.69) is 14.7 Å². The Bertz CT molecular complexity index is 1060. The number of hydrogen-bond donors (Lipinski definition) is 1. The maximum Gasteiger partial charge on any atom is 0.434 e. The summed E-state index contributed by atoms with van der Waals surface area (Å²) in [6.45, 7) is 1.70. The fourth-order valence-corrected chi connectivity index (χ4v) is 3.90. The molecule has 0 atom stereocenters. The molecule has 5 nitrogen and oxygen atoms in total. The Hall–Kier alpha value is -2.20. The zero-order chi connectivity index (χ0) is 18.4. The molecule has 2 heterocycles. The van der Waals surface area contributed by atoms with E-state index in [1.807, 2.05) is 0 Å². The molecule has 2 aromatic heterocycles. The molecule has 132 valence electrons. The summed E-state index contributed by atoms with van der Waals surface area (Å²) in [6, 6.07) is 4.92. The van der Waals surface area contributed by atoms with E-state index >= 15 is 0 Å². The van der Waals surface area contributed by atoms with Gasteiger partial charge in [0.15, 0.2) is 5.69 Å². The second kappa shape index (κ2) is 5.95. The van der Waals surface area contributed by atoms with Crippen LogP contribution in [-0.2, 0) is 16.2 Å². The van der Waals surface area contributed by atoms with Gasteiger partial charge in [-0.2, -0.15) is 13.2 Å². The highest BCUT2D eigenvalue weighted by atomic mass is 32.2. The third kappa shape index (κ3) is 3.59. The Kier molecular flexibility index (Phi) is 4.20. The molecular weight excluding hydrogens is 375 g/mol. The van der Waals surface area contributed by atoms with Crippen LogP contribution in [-0.4, -0.2) is 24.6 Å². The number of thiazole rings is 1. The SMILES string of the molecule is Cc1c(-c2nc(C(F)(F)F)cs2)cnc2cccc(NS(C)(=O)=O)c12. The first kappa shape index (κ1) is 17.6. The quantitative estimate of drug-likeness (QED) is 0.736. The van der Waals surface area contributed by atoms with E-state index < -0.39 is 21.9 Å². The smallest absolute Gasteiger partial charge is 0.283 e. The number of fused-ring (bicyclic) bond motifs is 1. The van der Waals surface area contributed by atoms with Gasteiger partial charge in [-0.3, -0.25) is 9.71 Å². The number of aryl methyl sites for hydroxylation is 1. The lowest BCUT2D eigenvalue weighted by Gasteiger charge is -2.12. The highest BCUT2D eigenvalue weighted by Crippen LogP contribution is 2.37. The van der Waals surface area contributed by atoms with E-state index in [0.29, 0.717) is 27.7 Å². The summed E-state index contributed by atoms with van der Waals surface area (Å²) in [4.78, 5) is 7.87. The number of rotatable bonds is 3. The van der Waals surface area contributed by atoms with Gasteiger partial charge >= 0.3 is 6.18 Å². The van der Waals surface area contributed by atoms with Gasteiger partial charge in [-0.25, -0.2) is 13.4 Å².